The lowest BCUT2D eigenvalue weighted by Gasteiger charge is -2.29. The second-order valence-corrected chi connectivity index (χ2v) is 11.6. The van der Waals surface area contributed by atoms with Crippen LogP contribution in [0.4, 0.5) is 18.9 Å². The molecule has 0 aliphatic carbocycles. The summed E-state index contributed by atoms with van der Waals surface area (Å²) in [4.78, 5) is 30.9. The summed E-state index contributed by atoms with van der Waals surface area (Å²) in [6.07, 6.45) is -1.08. The maximum absolute atomic E-state index is 13.8. The average molecular weight is 663 g/mol. The molecular weight excluding hydrogens is 635 g/mol. The molecular formula is C30H27BrF3N3O4S. The number of carbonyl (C=O) groups excluding carboxylic acids is 2. The van der Waals surface area contributed by atoms with Gasteiger partial charge < -0.3 is 14.7 Å². The van der Waals surface area contributed by atoms with Crippen LogP contribution in [0, 0.1) is 11.3 Å². The van der Waals surface area contributed by atoms with E-state index in [0.717, 1.165) is 49.3 Å². The Morgan fingerprint density at radius 3 is 2.40 bits per heavy atom. The Morgan fingerprint density at radius 1 is 1.07 bits per heavy atom. The normalized spacial score (nSPS) is 17.6. The van der Waals surface area contributed by atoms with E-state index in [1.807, 2.05) is 29.2 Å². The van der Waals surface area contributed by atoms with E-state index in [4.69, 9.17) is 4.74 Å². The molecule has 7 nitrogen and oxygen atoms in total. The second-order valence-electron chi connectivity index (χ2n) is 9.65. The third-order valence-corrected chi connectivity index (χ3v) is 8.06. The Morgan fingerprint density at radius 2 is 1.79 bits per heavy atom. The summed E-state index contributed by atoms with van der Waals surface area (Å²) in [7, 11) is 0. The van der Waals surface area contributed by atoms with E-state index >= 15 is 0 Å². The SMILES string of the molecule is CC(C)OCCN1C(=O)C(C#N)=C(c2ccc(C(F)(F)F)cc2)/C(=C/C=C2\Sc3cc(Br)ccc3N2CCCO)C1=O. The molecule has 2 aromatic carbocycles. The van der Waals surface area contributed by atoms with Crippen molar-refractivity contribution >= 4 is 50.8 Å². The largest absolute Gasteiger partial charge is 0.416 e. The van der Waals surface area contributed by atoms with E-state index in [-0.39, 0.29) is 48.1 Å². The van der Waals surface area contributed by atoms with Gasteiger partial charge in [-0.1, -0.05) is 39.8 Å². The maximum Gasteiger partial charge on any atom is 0.416 e. The van der Waals surface area contributed by atoms with Gasteiger partial charge in [0.2, 0.25) is 0 Å². The van der Waals surface area contributed by atoms with Gasteiger partial charge in [-0.3, -0.25) is 14.5 Å². The molecule has 0 spiro atoms. The summed E-state index contributed by atoms with van der Waals surface area (Å²) in [5, 5.41) is 20.2. The number of allylic oxidation sites excluding steroid dienone is 2. The lowest BCUT2D eigenvalue weighted by molar-refractivity contribution is -0.141. The number of carbonyl (C=O) groups is 2. The van der Waals surface area contributed by atoms with E-state index in [0.29, 0.717) is 13.0 Å². The highest BCUT2D eigenvalue weighted by molar-refractivity contribution is 9.10. The molecule has 0 fully saturated rings. The number of nitriles is 1. The zero-order valence-electron chi connectivity index (χ0n) is 22.7. The van der Waals surface area contributed by atoms with Crippen LogP contribution in [0.25, 0.3) is 5.57 Å². The van der Waals surface area contributed by atoms with Crippen LogP contribution < -0.4 is 4.90 Å². The van der Waals surface area contributed by atoms with Crippen molar-refractivity contribution in [2.45, 2.75) is 37.4 Å². The molecule has 0 saturated carbocycles. The predicted molar refractivity (Wildman–Crippen MR) is 157 cm³/mol. The fourth-order valence-corrected chi connectivity index (χ4v) is 6.15. The number of rotatable bonds is 9. The molecule has 2 aliphatic heterocycles. The van der Waals surface area contributed by atoms with Crippen LogP contribution in [0.3, 0.4) is 0 Å². The van der Waals surface area contributed by atoms with Gasteiger partial charge in [0.05, 0.1) is 35.5 Å². The highest BCUT2D eigenvalue weighted by Gasteiger charge is 2.38. The Kier molecular flexibility index (Phi) is 9.99. The number of amides is 2. The molecule has 0 radical (unpaired) electrons. The number of nitrogens with zero attached hydrogens (tertiary/aromatic N) is 3. The number of aliphatic hydroxyl groups is 1. The molecule has 0 aromatic heterocycles. The Balaban J connectivity index is 1.84. The van der Waals surface area contributed by atoms with Crippen LogP contribution in [0.1, 0.15) is 31.4 Å². The summed E-state index contributed by atoms with van der Waals surface area (Å²) in [6, 6.07) is 11.7. The van der Waals surface area contributed by atoms with Crippen LogP contribution in [0.5, 0.6) is 0 Å². The number of halogens is 4. The third kappa shape index (κ3) is 6.81. The monoisotopic (exact) mass is 661 g/mol. The predicted octanol–water partition coefficient (Wildman–Crippen LogP) is 6.30. The van der Waals surface area contributed by atoms with Crippen LogP contribution in [-0.4, -0.2) is 54.2 Å². The van der Waals surface area contributed by atoms with Crippen molar-refractivity contribution in [2.75, 3.05) is 31.2 Å². The zero-order valence-corrected chi connectivity index (χ0v) is 25.1. The van der Waals surface area contributed by atoms with E-state index in [9.17, 15) is 33.1 Å². The van der Waals surface area contributed by atoms with E-state index < -0.39 is 23.6 Å². The molecule has 0 saturated heterocycles. The summed E-state index contributed by atoms with van der Waals surface area (Å²) >= 11 is 4.91. The molecule has 0 atom stereocenters. The van der Waals surface area contributed by atoms with Crippen molar-refractivity contribution < 1.29 is 32.6 Å². The van der Waals surface area contributed by atoms with Crippen molar-refractivity contribution in [2.24, 2.45) is 0 Å². The van der Waals surface area contributed by atoms with Gasteiger partial charge in [-0.2, -0.15) is 18.4 Å². The molecule has 2 aliphatic rings. The van der Waals surface area contributed by atoms with Gasteiger partial charge >= 0.3 is 6.18 Å². The summed E-state index contributed by atoms with van der Waals surface area (Å²) < 4.78 is 46.2. The second kappa shape index (κ2) is 13.3. The molecule has 2 amide bonds. The number of imide groups is 1. The number of hydrogen-bond acceptors (Lipinski definition) is 7. The number of thioether (sulfide) groups is 1. The van der Waals surface area contributed by atoms with Gasteiger partial charge in [0.25, 0.3) is 11.8 Å². The van der Waals surface area contributed by atoms with Crippen LogP contribution in [-0.2, 0) is 20.5 Å². The van der Waals surface area contributed by atoms with Gasteiger partial charge in [-0.05, 0) is 68.3 Å². The van der Waals surface area contributed by atoms with Gasteiger partial charge in [-0.15, -0.1) is 0 Å². The first kappa shape index (κ1) is 31.6. The number of aliphatic hydroxyl groups excluding tert-OH is 1. The molecule has 42 heavy (non-hydrogen) atoms. The Bertz CT molecular complexity index is 1510. The molecule has 12 heteroatoms. The first-order valence-electron chi connectivity index (χ1n) is 13.0. The van der Waals surface area contributed by atoms with Crippen LogP contribution in [0.2, 0.25) is 0 Å². The van der Waals surface area contributed by atoms with Gasteiger partial charge in [0.15, 0.2) is 0 Å². The third-order valence-electron chi connectivity index (χ3n) is 6.46. The quantitative estimate of drug-likeness (QED) is 0.249. The van der Waals surface area contributed by atoms with Crippen LogP contribution in [0.15, 0.2) is 80.2 Å². The highest BCUT2D eigenvalue weighted by Crippen LogP contribution is 2.47. The first-order chi connectivity index (χ1) is 20.0. The van der Waals surface area contributed by atoms with Crippen molar-refractivity contribution in [3.8, 4) is 6.07 Å². The fraction of sp³-hybridized carbons (Fsp3) is 0.300. The van der Waals surface area contributed by atoms with Crippen molar-refractivity contribution in [3.05, 3.63) is 86.4 Å². The average Bonchev–Trinajstić information content (AvgIpc) is 3.28. The minimum Gasteiger partial charge on any atom is -0.396 e. The summed E-state index contributed by atoms with van der Waals surface area (Å²) in [6.45, 7) is 4.02. The first-order valence-corrected chi connectivity index (χ1v) is 14.6. The van der Waals surface area contributed by atoms with Crippen molar-refractivity contribution in [1.29, 1.82) is 5.26 Å². The highest BCUT2D eigenvalue weighted by atomic mass is 79.9. The van der Waals surface area contributed by atoms with E-state index in [1.165, 1.54) is 17.8 Å². The number of fused-ring (bicyclic) bond motifs is 1. The molecule has 0 bridgehead atoms. The van der Waals surface area contributed by atoms with Gasteiger partial charge in [0.1, 0.15) is 11.6 Å². The Hall–Kier alpha value is -3.37. The number of ether oxygens (including phenoxy) is 1. The molecule has 4 rings (SSSR count). The number of hydrogen-bond donors (Lipinski definition) is 1. The number of benzene rings is 2. The molecule has 2 aromatic rings. The smallest absolute Gasteiger partial charge is 0.396 e. The fourth-order valence-electron chi connectivity index (χ4n) is 4.51. The molecule has 1 N–H and O–H groups in total. The van der Waals surface area contributed by atoms with E-state index in [1.54, 1.807) is 19.9 Å². The maximum atomic E-state index is 13.8. The lowest BCUT2D eigenvalue weighted by Crippen LogP contribution is -2.44. The number of alkyl halides is 3. The minimum absolute atomic E-state index is 0.0113. The number of anilines is 1. The topological polar surface area (TPSA) is 93.9 Å². The standard InChI is InChI=1S/C30H27BrF3N3O4S/c1-18(2)41-15-13-37-28(39)22(9-11-26-36(12-3-14-38)24-10-8-21(31)16-25(24)42-26)27(23(17-35)29(37)40)19-4-6-20(7-5-19)30(32,33)34/h4-11,16,18,38H,3,12-15H2,1-2H3/b22-9-,26-11-. The Labute approximate surface area is 254 Å². The van der Waals surface area contributed by atoms with Gasteiger partial charge in [-0.25, -0.2) is 0 Å². The molecule has 220 valence electrons. The summed E-state index contributed by atoms with van der Waals surface area (Å²) in [5.74, 6) is -1.53. The zero-order chi connectivity index (χ0) is 30.6. The molecule has 0 unspecified atom stereocenters. The minimum atomic E-state index is -4.58. The summed E-state index contributed by atoms with van der Waals surface area (Å²) in [5.41, 5.74) is -0.258. The van der Waals surface area contributed by atoms with Crippen molar-refractivity contribution in [3.63, 3.8) is 0 Å². The van der Waals surface area contributed by atoms with Crippen LogP contribution >= 0.6 is 27.7 Å². The molecule has 2 heterocycles. The van der Waals surface area contributed by atoms with Crippen molar-refractivity contribution in [1.82, 2.24) is 4.90 Å². The van der Waals surface area contributed by atoms with Gasteiger partial charge in [0, 0.05) is 33.7 Å². The lowest BCUT2D eigenvalue weighted by atomic mass is 9.88. The van der Waals surface area contributed by atoms with E-state index in [2.05, 4.69) is 15.9 Å².